The minimum Gasteiger partial charge on any atom is -0.479 e. The van der Waals surface area contributed by atoms with E-state index in [9.17, 15) is 4.79 Å². The van der Waals surface area contributed by atoms with E-state index >= 15 is 0 Å². The maximum absolute atomic E-state index is 12.4. The van der Waals surface area contributed by atoms with Gasteiger partial charge in [0.15, 0.2) is 6.10 Å². The van der Waals surface area contributed by atoms with Crippen LogP contribution in [0.3, 0.4) is 0 Å². The second kappa shape index (κ2) is 6.27. The predicted molar refractivity (Wildman–Crippen MR) is 83.5 cm³/mol. The number of hydrogen-bond acceptors (Lipinski definition) is 2. The molecule has 0 aromatic heterocycles. The third-order valence-corrected chi connectivity index (χ3v) is 5.15. The summed E-state index contributed by atoms with van der Waals surface area (Å²) in [5, 5.41) is 3.74. The Hall–Kier alpha value is -1.22. The second-order valence-electron chi connectivity index (χ2n) is 6.24. The van der Waals surface area contributed by atoms with E-state index in [4.69, 9.17) is 16.3 Å². The summed E-state index contributed by atoms with van der Waals surface area (Å²) >= 11 is 6.09. The number of benzene rings is 1. The van der Waals surface area contributed by atoms with Crippen LogP contribution in [0.2, 0.25) is 5.02 Å². The zero-order valence-electron chi connectivity index (χ0n) is 12.3. The number of carbonyl (C=O) groups is 1. The third-order valence-electron chi connectivity index (χ3n) is 4.83. The molecule has 4 atom stereocenters. The number of halogens is 1. The molecule has 1 amide bonds. The second-order valence-corrected chi connectivity index (χ2v) is 6.64. The lowest BCUT2D eigenvalue weighted by molar-refractivity contribution is -0.129. The Balaban J connectivity index is 1.60. The fourth-order valence-electron chi connectivity index (χ4n) is 3.71. The van der Waals surface area contributed by atoms with Gasteiger partial charge in [0.2, 0.25) is 0 Å². The maximum atomic E-state index is 12.4. The van der Waals surface area contributed by atoms with Gasteiger partial charge < -0.3 is 10.1 Å². The van der Waals surface area contributed by atoms with Crippen LogP contribution in [0.15, 0.2) is 24.3 Å². The molecule has 1 aromatic carbocycles. The summed E-state index contributed by atoms with van der Waals surface area (Å²) in [5.41, 5.74) is 0. The van der Waals surface area contributed by atoms with E-state index in [2.05, 4.69) is 5.32 Å². The number of rotatable bonds is 5. The molecule has 3 nitrogen and oxygen atoms in total. The number of fused-ring (bicyclic) bond motifs is 2. The van der Waals surface area contributed by atoms with Crippen molar-refractivity contribution < 1.29 is 9.53 Å². The van der Waals surface area contributed by atoms with Crippen molar-refractivity contribution in [3.63, 3.8) is 0 Å². The Morgan fingerprint density at radius 3 is 2.81 bits per heavy atom. The standard InChI is InChI=1S/C17H22ClNO2/c1-2-15(21-16-6-4-3-5-13(16)18)17(20)19-14-10-11-7-8-12(14)9-11/h3-6,11-12,14-15H,2,7-10H2,1H3,(H,19,20)/t11-,12-,14+,15-/m0/s1. The van der Waals surface area contributed by atoms with Crippen LogP contribution in [-0.2, 0) is 4.79 Å². The van der Waals surface area contributed by atoms with Gasteiger partial charge in [-0.15, -0.1) is 0 Å². The lowest BCUT2D eigenvalue weighted by atomic mass is 9.95. The fourth-order valence-corrected chi connectivity index (χ4v) is 3.89. The molecule has 2 aliphatic carbocycles. The molecule has 2 fully saturated rings. The van der Waals surface area contributed by atoms with Crippen molar-refractivity contribution in [2.45, 2.75) is 51.2 Å². The quantitative estimate of drug-likeness (QED) is 0.898. The Labute approximate surface area is 131 Å². The maximum Gasteiger partial charge on any atom is 0.261 e. The molecule has 0 unspecified atom stereocenters. The zero-order chi connectivity index (χ0) is 14.8. The number of ether oxygens (including phenoxy) is 1. The van der Waals surface area contributed by atoms with Crippen LogP contribution in [0, 0.1) is 11.8 Å². The van der Waals surface area contributed by atoms with Crippen molar-refractivity contribution in [2.24, 2.45) is 11.8 Å². The molecule has 0 heterocycles. The lowest BCUT2D eigenvalue weighted by Gasteiger charge is -2.25. The van der Waals surface area contributed by atoms with E-state index in [-0.39, 0.29) is 5.91 Å². The van der Waals surface area contributed by atoms with Crippen molar-refractivity contribution in [2.75, 3.05) is 0 Å². The van der Waals surface area contributed by atoms with E-state index in [1.54, 1.807) is 12.1 Å². The van der Waals surface area contributed by atoms with Gasteiger partial charge in [0.25, 0.3) is 5.91 Å². The van der Waals surface area contributed by atoms with Gasteiger partial charge in [-0.2, -0.15) is 0 Å². The molecule has 2 aliphatic rings. The summed E-state index contributed by atoms with van der Waals surface area (Å²) in [7, 11) is 0. The van der Waals surface area contributed by atoms with E-state index in [1.807, 2.05) is 19.1 Å². The summed E-state index contributed by atoms with van der Waals surface area (Å²) in [6, 6.07) is 7.64. The summed E-state index contributed by atoms with van der Waals surface area (Å²) < 4.78 is 5.80. The first-order valence-corrected chi connectivity index (χ1v) is 8.26. The molecule has 2 bridgehead atoms. The van der Waals surface area contributed by atoms with E-state index in [0.29, 0.717) is 29.2 Å². The Morgan fingerprint density at radius 1 is 1.38 bits per heavy atom. The van der Waals surface area contributed by atoms with Crippen LogP contribution in [0.1, 0.15) is 39.0 Å². The van der Waals surface area contributed by atoms with Gasteiger partial charge in [-0.05, 0) is 49.7 Å². The first-order chi connectivity index (χ1) is 10.2. The summed E-state index contributed by atoms with van der Waals surface area (Å²) in [4.78, 5) is 12.4. The van der Waals surface area contributed by atoms with Crippen LogP contribution in [0.25, 0.3) is 0 Å². The normalized spacial score (nSPS) is 28.4. The van der Waals surface area contributed by atoms with Crippen LogP contribution >= 0.6 is 11.6 Å². The Kier molecular flexibility index (Phi) is 4.39. The third kappa shape index (κ3) is 3.18. The molecule has 21 heavy (non-hydrogen) atoms. The van der Waals surface area contributed by atoms with Crippen molar-refractivity contribution >= 4 is 17.5 Å². The van der Waals surface area contributed by atoms with Crippen molar-refractivity contribution in [1.29, 1.82) is 0 Å². The van der Waals surface area contributed by atoms with Gasteiger partial charge >= 0.3 is 0 Å². The molecule has 0 spiro atoms. The number of carbonyl (C=O) groups excluding carboxylic acids is 1. The smallest absolute Gasteiger partial charge is 0.261 e. The molecule has 0 radical (unpaired) electrons. The average Bonchev–Trinajstić information content (AvgIpc) is 3.09. The van der Waals surface area contributed by atoms with Crippen LogP contribution < -0.4 is 10.1 Å². The predicted octanol–water partition coefficient (Wildman–Crippen LogP) is 3.80. The topological polar surface area (TPSA) is 38.3 Å². The molecular formula is C17H22ClNO2. The molecule has 114 valence electrons. The number of para-hydroxylation sites is 1. The molecular weight excluding hydrogens is 286 g/mol. The summed E-state index contributed by atoms with van der Waals surface area (Å²) in [5.74, 6) is 2.07. The molecule has 2 saturated carbocycles. The highest BCUT2D eigenvalue weighted by atomic mass is 35.5. The molecule has 0 saturated heterocycles. The molecule has 1 N–H and O–H groups in total. The number of nitrogens with one attached hydrogen (secondary N) is 1. The lowest BCUT2D eigenvalue weighted by Crippen LogP contribution is -2.45. The van der Waals surface area contributed by atoms with Crippen LogP contribution in [0.4, 0.5) is 0 Å². The Bertz CT molecular complexity index is 519. The van der Waals surface area contributed by atoms with Gasteiger partial charge in [-0.1, -0.05) is 37.1 Å². The highest BCUT2D eigenvalue weighted by Crippen LogP contribution is 2.44. The van der Waals surface area contributed by atoms with E-state index in [1.165, 1.54) is 19.3 Å². The van der Waals surface area contributed by atoms with Gasteiger partial charge in [-0.3, -0.25) is 4.79 Å². The Morgan fingerprint density at radius 2 is 2.19 bits per heavy atom. The largest absolute Gasteiger partial charge is 0.479 e. The van der Waals surface area contributed by atoms with E-state index < -0.39 is 6.10 Å². The zero-order valence-corrected chi connectivity index (χ0v) is 13.1. The van der Waals surface area contributed by atoms with Gasteiger partial charge in [-0.25, -0.2) is 0 Å². The fraction of sp³-hybridized carbons (Fsp3) is 0.588. The molecule has 4 heteroatoms. The molecule has 3 rings (SSSR count). The summed E-state index contributed by atoms with van der Waals surface area (Å²) in [6.07, 6.45) is 5.19. The van der Waals surface area contributed by atoms with Crippen molar-refractivity contribution in [1.82, 2.24) is 5.32 Å². The number of hydrogen-bond donors (Lipinski definition) is 1. The first-order valence-electron chi connectivity index (χ1n) is 7.89. The van der Waals surface area contributed by atoms with Gasteiger partial charge in [0.05, 0.1) is 5.02 Å². The number of amides is 1. The molecule has 1 aromatic rings. The van der Waals surface area contributed by atoms with E-state index in [0.717, 1.165) is 12.3 Å². The highest BCUT2D eigenvalue weighted by Gasteiger charge is 2.40. The SMILES string of the molecule is CC[C@H](Oc1ccccc1Cl)C(=O)N[C@@H]1C[C@H]2CC[C@H]1C2. The molecule has 0 aliphatic heterocycles. The summed E-state index contributed by atoms with van der Waals surface area (Å²) in [6.45, 7) is 1.96. The van der Waals surface area contributed by atoms with Crippen molar-refractivity contribution in [3.8, 4) is 5.75 Å². The average molecular weight is 308 g/mol. The minimum absolute atomic E-state index is 0.00466. The van der Waals surface area contributed by atoms with Crippen molar-refractivity contribution in [3.05, 3.63) is 29.3 Å². The van der Waals surface area contributed by atoms with Gasteiger partial charge in [0, 0.05) is 6.04 Å². The van der Waals surface area contributed by atoms with Crippen LogP contribution in [-0.4, -0.2) is 18.1 Å². The van der Waals surface area contributed by atoms with Gasteiger partial charge in [0.1, 0.15) is 5.75 Å². The minimum atomic E-state index is -0.468. The monoisotopic (exact) mass is 307 g/mol. The first kappa shape index (κ1) is 14.7. The highest BCUT2D eigenvalue weighted by molar-refractivity contribution is 6.32. The van der Waals surface area contributed by atoms with Crippen LogP contribution in [0.5, 0.6) is 5.75 Å².